The fourth-order valence-electron chi connectivity index (χ4n) is 2.84. The summed E-state index contributed by atoms with van der Waals surface area (Å²) in [7, 11) is 1.61. The van der Waals surface area contributed by atoms with Crippen LogP contribution in [0.5, 0.6) is 5.75 Å². The highest BCUT2D eigenvalue weighted by molar-refractivity contribution is 6.01. The van der Waals surface area contributed by atoms with E-state index in [2.05, 4.69) is 5.32 Å². The molecule has 0 spiro atoms. The highest BCUT2D eigenvalue weighted by atomic mass is 16.5. The van der Waals surface area contributed by atoms with Gasteiger partial charge in [-0.25, -0.2) is 0 Å². The van der Waals surface area contributed by atoms with Crippen molar-refractivity contribution in [2.75, 3.05) is 20.2 Å². The lowest BCUT2D eigenvalue weighted by Crippen LogP contribution is -2.52. The highest BCUT2D eigenvalue weighted by Gasteiger charge is 2.23. The Morgan fingerprint density at radius 2 is 1.67 bits per heavy atom. The van der Waals surface area contributed by atoms with E-state index < -0.39 is 5.54 Å². The van der Waals surface area contributed by atoms with Gasteiger partial charge in [0, 0.05) is 13.0 Å². The average Bonchev–Trinajstić information content (AvgIpc) is 2.72. The van der Waals surface area contributed by atoms with Crippen LogP contribution in [0.15, 0.2) is 54.6 Å². The van der Waals surface area contributed by atoms with E-state index in [9.17, 15) is 4.79 Å². The minimum absolute atomic E-state index is 0.0131. The third-order valence-corrected chi connectivity index (χ3v) is 4.65. The molecule has 2 aromatic carbocycles. The Morgan fingerprint density at radius 1 is 1.03 bits per heavy atom. The molecule has 2 aromatic rings. The number of nitrogens with zero attached hydrogens (tertiary/aromatic N) is 1. The maximum Gasteiger partial charge on any atom is 0.239 e. The van der Waals surface area contributed by atoms with Crippen molar-refractivity contribution in [3.8, 4) is 5.75 Å². The van der Waals surface area contributed by atoms with Gasteiger partial charge in [0.1, 0.15) is 17.4 Å². The quantitative estimate of drug-likeness (QED) is 0.376. The molecule has 1 amide bonds. The van der Waals surface area contributed by atoms with Crippen molar-refractivity contribution >= 4 is 17.6 Å². The predicted octanol–water partition coefficient (Wildman–Crippen LogP) is 2.59. The topological polar surface area (TPSA) is 115 Å². The van der Waals surface area contributed by atoms with Gasteiger partial charge in [-0.15, -0.1) is 0 Å². The minimum Gasteiger partial charge on any atom is -0.497 e. The second-order valence-corrected chi connectivity index (χ2v) is 7.71. The number of methoxy groups -OCH3 is 1. The molecule has 0 atom stereocenters. The molecule has 0 aromatic heterocycles. The summed E-state index contributed by atoms with van der Waals surface area (Å²) in [5.41, 5.74) is 6.87. The number of rotatable bonds is 9. The Bertz CT molecular complexity index is 857. The maximum atomic E-state index is 12.1. The maximum absolute atomic E-state index is 12.1. The summed E-state index contributed by atoms with van der Waals surface area (Å²) in [4.78, 5) is 13.7. The SMILES string of the molecule is COc1ccc(CC(=N)N(CCc2ccccc2)C(=N)CNC(=O)C(C)(C)N)cc1. The zero-order valence-corrected chi connectivity index (χ0v) is 17.9. The molecule has 0 aliphatic heterocycles. The molecule has 30 heavy (non-hydrogen) atoms. The molecule has 2 rings (SSSR count). The molecule has 0 radical (unpaired) electrons. The van der Waals surface area contributed by atoms with E-state index in [0.717, 1.165) is 16.9 Å². The van der Waals surface area contributed by atoms with E-state index >= 15 is 0 Å². The predicted molar refractivity (Wildman–Crippen MR) is 120 cm³/mol. The lowest BCUT2D eigenvalue weighted by Gasteiger charge is -2.27. The summed E-state index contributed by atoms with van der Waals surface area (Å²) in [6, 6.07) is 17.5. The normalized spacial score (nSPS) is 10.9. The Morgan fingerprint density at radius 3 is 2.23 bits per heavy atom. The third kappa shape index (κ3) is 7.00. The molecule has 0 saturated heterocycles. The monoisotopic (exact) mass is 409 g/mol. The minimum atomic E-state index is -1.02. The van der Waals surface area contributed by atoms with Crippen molar-refractivity contribution < 1.29 is 9.53 Å². The van der Waals surface area contributed by atoms with Crippen molar-refractivity contribution in [3.05, 3.63) is 65.7 Å². The highest BCUT2D eigenvalue weighted by Crippen LogP contribution is 2.13. The molecule has 0 unspecified atom stereocenters. The van der Waals surface area contributed by atoms with E-state index in [1.807, 2.05) is 54.6 Å². The smallest absolute Gasteiger partial charge is 0.239 e. The zero-order chi connectivity index (χ0) is 22.1. The molecule has 0 saturated carbocycles. The summed E-state index contributed by atoms with van der Waals surface area (Å²) in [5, 5.41) is 19.8. The number of nitrogens with two attached hydrogens (primary N) is 1. The van der Waals surface area contributed by atoms with Gasteiger partial charge in [-0.2, -0.15) is 0 Å². The van der Waals surface area contributed by atoms with Crippen LogP contribution in [-0.4, -0.2) is 48.2 Å². The van der Waals surface area contributed by atoms with Gasteiger partial charge < -0.3 is 20.7 Å². The van der Waals surface area contributed by atoms with Crippen LogP contribution < -0.4 is 15.8 Å². The number of benzene rings is 2. The van der Waals surface area contributed by atoms with Crippen LogP contribution in [0.25, 0.3) is 0 Å². The summed E-state index contributed by atoms with van der Waals surface area (Å²) < 4.78 is 5.18. The van der Waals surface area contributed by atoms with Gasteiger partial charge in [-0.05, 0) is 43.5 Å². The second-order valence-electron chi connectivity index (χ2n) is 7.71. The van der Waals surface area contributed by atoms with Gasteiger partial charge in [0.2, 0.25) is 5.91 Å². The molecule has 160 valence electrons. The number of ether oxygens (including phenoxy) is 1. The number of hydrogen-bond acceptors (Lipinski definition) is 5. The van der Waals surface area contributed by atoms with Crippen LogP contribution in [0.4, 0.5) is 0 Å². The van der Waals surface area contributed by atoms with Crippen LogP contribution >= 0.6 is 0 Å². The number of carbonyl (C=O) groups is 1. The first-order chi connectivity index (χ1) is 14.2. The van der Waals surface area contributed by atoms with Gasteiger partial charge in [-0.1, -0.05) is 42.5 Å². The van der Waals surface area contributed by atoms with Crippen LogP contribution in [0, 0.1) is 10.8 Å². The molecular formula is C23H31N5O2. The van der Waals surface area contributed by atoms with Gasteiger partial charge >= 0.3 is 0 Å². The van der Waals surface area contributed by atoms with Crippen LogP contribution in [0.3, 0.4) is 0 Å². The van der Waals surface area contributed by atoms with Gasteiger partial charge in [0.05, 0.1) is 19.2 Å². The summed E-state index contributed by atoms with van der Waals surface area (Å²) in [6.07, 6.45) is 1.06. The molecule has 0 heterocycles. The Balaban J connectivity index is 2.09. The Labute approximate surface area is 178 Å². The molecule has 7 heteroatoms. The van der Waals surface area contributed by atoms with Crippen LogP contribution in [-0.2, 0) is 17.6 Å². The second kappa shape index (κ2) is 10.5. The van der Waals surface area contributed by atoms with Crippen molar-refractivity contribution in [2.45, 2.75) is 32.2 Å². The summed E-state index contributed by atoms with van der Waals surface area (Å²) >= 11 is 0. The number of carbonyl (C=O) groups excluding carboxylic acids is 1. The first-order valence-electron chi connectivity index (χ1n) is 9.87. The van der Waals surface area contributed by atoms with Crippen molar-refractivity contribution in [2.24, 2.45) is 5.73 Å². The fraction of sp³-hybridized carbons (Fsp3) is 0.348. The third-order valence-electron chi connectivity index (χ3n) is 4.65. The van der Waals surface area contributed by atoms with Gasteiger partial charge in [-0.3, -0.25) is 15.6 Å². The lowest BCUT2D eigenvalue weighted by atomic mass is 10.1. The molecule has 5 N–H and O–H groups in total. The van der Waals surface area contributed by atoms with Crippen molar-refractivity contribution in [1.82, 2.24) is 10.2 Å². The Kier molecular flexibility index (Phi) is 8.12. The van der Waals surface area contributed by atoms with Crippen molar-refractivity contribution in [1.29, 1.82) is 10.8 Å². The molecule has 0 aliphatic carbocycles. The van der Waals surface area contributed by atoms with Gasteiger partial charge in [0.25, 0.3) is 0 Å². The number of hydrogen-bond donors (Lipinski definition) is 4. The number of amidine groups is 2. The summed E-state index contributed by atoms with van der Waals surface area (Å²) in [6.45, 7) is 3.72. The van der Waals surface area contributed by atoms with E-state index in [0.29, 0.717) is 25.2 Å². The molecule has 7 nitrogen and oxygen atoms in total. The van der Waals surface area contributed by atoms with E-state index in [4.69, 9.17) is 21.3 Å². The lowest BCUT2D eigenvalue weighted by molar-refractivity contribution is -0.124. The van der Waals surface area contributed by atoms with E-state index in [1.54, 1.807) is 25.9 Å². The molecular weight excluding hydrogens is 378 g/mol. The largest absolute Gasteiger partial charge is 0.497 e. The van der Waals surface area contributed by atoms with E-state index in [-0.39, 0.29) is 18.3 Å². The number of nitrogens with one attached hydrogen (secondary N) is 3. The zero-order valence-electron chi connectivity index (χ0n) is 17.9. The average molecular weight is 410 g/mol. The van der Waals surface area contributed by atoms with Crippen molar-refractivity contribution in [3.63, 3.8) is 0 Å². The van der Waals surface area contributed by atoms with Crippen LogP contribution in [0.1, 0.15) is 25.0 Å². The molecule has 0 fully saturated rings. The summed E-state index contributed by atoms with van der Waals surface area (Å²) in [5.74, 6) is 0.868. The molecule has 0 aliphatic rings. The Hall–Kier alpha value is -3.19. The molecule has 0 bridgehead atoms. The van der Waals surface area contributed by atoms with Crippen LogP contribution in [0.2, 0.25) is 0 Å². The van der Waals surface area contributed by atoms with Gasteiger partial charge in [0.15, 0.2) is 0 Å². The van der Waals surface area contributed by atoms with E-state index in [1.165, 1.54) is 0 Å². The standard InChI is InChI=1S/C23H31N5O2/c1-23(2,26)22(29)27-16-21(25)28(14-13-17-7-5-4-6-8-17)20(24)15-18-9-11-19(30-3)12-10-18/h4-12,24-25H,13-16,26H2,1-3H3,(H,27,29). The first kappa shape index (κ1) is 23.1. The first-order valence-corrected chi connectivity index (χ1v) is 9.87. The number of amides is 1. The fourth-order valence-corrected chi connectivity index (χ4v) is 2.84.